The van der Waals surface area contributed by atoms with Gasteiger partial charge in [0, 0.05) is 17.5 Å². The number of hydrogen-bond acceptors (Lipinski definition) is 3. The molecule has 0 radical (unpaired) electrons. The Morgan fingerprint density at radius 2 is 1.91 bits per heavy atom. The molecule has 0 saturated carbocycles. The second kappa shape index (κ2) is 6.45. The Morgan fingerprint density at radius 1 is 1.17 bits per heavy atom. The quantitative estimate of drug-likeness (QED) is 0.784. The fourth-order valence-corrected chi connectivity index (χ4v) is 3.40. The smallest absolute Gasteiger partial charge is 0.264 e. The van der Waals surface area contributed by atoms with Gasteiger partial charge in [-0.1, -0.05) is 6.07 Å². The van der Waals surface area contributed by atoms with Crippen LogP contribution in [-0.4, -0.2) is 12.5 Å². The van der Waals surface area contributed by atoms with Crippen molar-refractivity contribution in [2.45, 2.75) is 30.2 Å². The molecule has 1 atom stereocenters. The summed E-state index contributed by atoms with van der Waals surface area (Å²) in [5.74, 6) is -3.08. The lowest BCUT2D eigenvalue weighted by Gasteiger charge is -2.31. The van der Waals surface area contributed by atoms with E-state index in [1.165, 1.54) is 24.1 Å². The number of hydrogen-bond donors (Lipinski definition) is 2. The average molecular weight is 338 g/mol. The van der Waals surface area contributed by atoms with Gasteiger partial charge in [0.25, 0.3) is 5.92 Å². The van der Waals surface area contributed by atoms with Gasteiger partial charge in [0.15, 0.2) is 0 Å². The zero-order chi connectivity index (χ0) is 16.4. The highest BCUT2D eigenvalue weighted by Gasteiger charge is 2.37. The molecule has 3 rings (SSSR count). The molecule has 1 aliphatic rings. The fraction of sp³-hybridized carbons (Fsp3) is 0.294. The van der Waals surface area contributed by atoms with Crippen LogP contribution in [0.2, 0.25) is 0 Å². The van der Waals surface area contributed by atoms with Crippen LogP contribution in [0, 0.1) is 5.82 Å². The maximum absolute atomic E-state index is 13.7. The molecule has 0 bridgehead atoms. The molecule has 1 heterocycles. The molecular weight excluding hydrogens is 321 g/mol. The number of rotatable bonds is 4. The monoisotopic (exact) mass is 338 g/mol. The molecule has 122 valence electrons. The summed E-state index contributed by atoms with van der Waals surface area (Å²) in [4.78, 5) is 0.938. The third-order valence-electron chi connectivity index (χ3n) is 3.81. The standard InChI is InChI=1S/C17H17F3N2S/c1-17(19,20)16-15-7-6-14(10-11(15)8-9-21-16)23-22-13-4-2-12(18)3-5-13/h2-7,10,16,21-22H,8-9H2,1H3. The molecule has 2 aromatic rings. The van der Waals surface area contributed by atoms with Crippen molar-refractivity contribution in [3.8, 4) is 0 Å². The Kier molecular flexibility index (Phi) is 4.55. The summed E-state index contributed by atoms with van der Waals surface area (Å²) in [6.45, 7) is 1.49. The van der Waals surface area contributed by atoms with Gasteiger partial charge in [-0.25, -0.2) is 13.2 Å². The Balaban J connectivity index is 1.74. The van der Waals surface area contributed by atoms with Gasteiger partial charge in [-0.05, 0) is 72.4 Å². The Morgan fingerprint density at radius 3 is 2.61 bits per heavy atom. The molecule has 0 saturated heterocycles. The van der Waals surface area contributed by atoms with Gasteiger partial charge in [-0.3, -0.25) is 0 Å². The number of nitrogens with one attached hydrogen (secondary N) is 2. The third-order valence-corrected chi connectivity index (χ3v) is 4.63. The van der Waals surface area contributed by atoms with Gasteiger partial charge in [0.1, 0.15) is 5.82 Å². The van der Waals surface area contributed by atoms with Crippen molar-refractivity contribution in [2.75, 3.05) is 11.3 Å². The van der Waals surface area contributed by atoms with Crippen LogP contribution in [0.25, 0.3) is 0 Å². The first-order valence-corrected chi connectivity index (χ1v) is 8.17. The van der Waals surface area contributed by atoms with E-state index in [9.17, 15) is 13.2 Å². The molecular formula is C17H17F3N2S. The van der Waals surface area contributed by atoms with Crippen LogP contribution in [0.1, 0.15) is 24.1 Å². The van der Waals surface area contributed by atoms with Crippen LogP contribution in [0.4, 0.5) is 18.9 Å². The predicted octanol–water partition coefficient (Wildman–Crippen LogP) is 4.79. The zero-order valence-electron chi connectivity index (χ0n) is 12.6. The van der Waals surface area contributed by atoms with Crippen molar-refractivity contribution in [1.29, 1.82) is 0 Å². The number of benzene rings is 2. The van der Waals surface area contributed by atoms with Crippen molar-refractivity contribution in [3.63, 3.8) is 0 Å². The van der Waals surface area contributed by atoms with Crippen molar-refractivity contribution in [1.82, 2.24) is 5.32 Å². The first-order valence-electron chi connectivity index (χ1n) is 7.36. The number of alkyl halides is 2. The molecule has 6 heteroatoms. The number of anilines is 1. The molecule has 1 aliphatic heterocycles. The molecule has 0 amide bonds. The van der Waals surface area contributed by atoms with E-state index in [1.54, 1.807) is 18.2 Å². The molecule has 2 N–H and O–H groups in total. The molecule has 0 fully saturated rings. The van der Waals surface area contributed by atoms with Crippen molar-refractivity contribution >= 4 is 17.6 Å². The number of fused-ring (bicyclic) bond motifs is 1. The fourth-order valence-electron chi connectivity index (χ4n) is 2.69. The highest BCUT2D eigenvalue weighted by atomic mass is 32.2. The molecule has 0 spiro atoms. The van der Waals surface area contributed by atoms with Crippen LogP contribution >= 0.6 is 11.9 Å². The normalized spacial score (nSPS) is 17.7. The zero-order valence-corrected chi connectivity index (χ0v) is 13.4. The van der Waals surface area contributed by atoms with Gasteiger partial charge in [0.2, 0.25) is 0 Å². The maximum atomic E-state index is 13.7. The van der Waals surface area contributed by atoms with E-state index in [4.69, 9.17) is 0 Å². The lowest BCUT2D eigenvalue weighted by atomic mass is 9.91. The topological polar surface area (TPSA) is 24.1 Å². The van der Waals surface area contributed by atoms with E-state index in [1.807, 2.05) is 12.1 Å². The molecule has 1 unspecified atom stereocenters. The largest absolute Gasteiger partial charge is 0.326 e. The lowest BCUT2D eigenvalue weighted by Crippen LogP contribution is -2.40. The summed E-state index contributed by atoms with van der Waals surface area (Å²) < 4.78 is 43.3. The second-order valence-electron chi connectivity index (χ2n) is 5.67. The lowest BCUT2D eigenvalue weighted by molar-refractivity contribution is -0.0214. The van der Waals surface area contributed by atoms with Gasteiger partial charge < -0.3 is 10.0 Å². The summed E-state index contributed by atoms with van der Waals surface area (Å²) in [5, 5.41) is 2.89. The molecule has 2 aromatic carbocycles. The van der Waals surface area contributed by atoms with Gasteiger partial charge in [-0.15, -0.1) is 0 Å². The van der Waals surface area contributed by atoms with Crippen LogP contribution in [0.15, 0.2) is 47.4 Å². The minimum Gasteiger partial charge on any atom is -0.326 e. The van der Waals surface area contributed by atoms with Crippen LogP contribution in [-0.2, 0) is 6.42 Å². The molecule has 2 nitrogen and oxygen atoms in total. The van der Waals surface area contributed by atoms with E-state index >= 15 is 0 Å². The van der Waals surface area contributed by atoms with Gasteiger partial charge in [0.05, 0.1) is 6.04 Å². The highest BCUT2D eigenvalue weighted by molar-refractivity contribution is 8.00. The molecule has 0 aromatic heterocycles. The van der Waals surface area contributed by atoms with E-state index in [0.717, 1.165) is 29.5 Å². The molecule has 23 heavy (non-hydrogen) atoms. The summed E-state index contributed by atoms with van der Waals surface area (Å²) in [5.41, 5.74) is 2.39. The van der Waals surface area contributed by atoms with Crippen LogP contribution in [0.5, 0.6) is 0 Å². The first kappa shape index (κ1) is 16.2. The van der Waals surface area contributed by atoms with E-state index in [-0.39, 0.29) is 5.82 Å². The van der Waals surface area contributed by atoms with Gasteiger partial charge >= 0.3 is 0 Å². The minimum absolute atomic E-state index is 0.284. The third kappa shape index (κ3) is 3.82. The number of halogens is 3. The predicted molar refractivity (Wildman–Crippen MR) is 87.4 cm³/mol. The summed E-state index contributed by atoms with van der Waals surface area (Å²) >= 11 is 1.38. The van der Waals surface area contributed by atoms with Crippen molar-refractivity contribution in [3.05, 3.63) is 59.4 Å². The Hall–Kier alpha value is -1.66. The Bertz CT molecular complexity index is 683. The van der Waals surface area contributed by atoms with Crippen LogP contribution in [0.3, 0.4) is 0 Å². The first-order chi connectivity index (χ1) is 10.9. The summed E-state index contributed by atoms with van der Waals surface area (Å²) in [7, 11) is 0. The molecule has 0 aliphatic carbocycles. The van der Waals surface area contributed by atoms with E-state index in [2.05, 4.69) is 10.0 Å². The van der Waals surface area contributed by atoms with Gasteiger partial charge in [-0.2, -0.15) is 0 Å². The second-order valence-corrected chi connectivity index (χ2v) is 6.54. The van der Waals surface area contributed by atoms with Crippen molar-refractivity contribution in [2.24, 2.45) is 0 Å². The Labute approximate surface area is 137 Å². The van der Waals surface area contributed by atoms with E-state index < -0.39 is 12.0 Å². The highest BCUT2D eigenvalue weighted by Crippen LogP contribution is 2.36. The SMILES string of the molecule is CC(F)(F)C1NCCc2cc(SNc3ccc(F)cc3)ccc21. The minimum atomic E-state index is -2.80. The maximum Gasteiger partial charge on any atom is 0.264 e. The van der Waals surface area contributed by atoms with Crippen LogP contribution < -0.4 is 10.0 Å². The van der Waals surface area contributed by atoms with Crippen molar-refractivity contribution < 1.29 is 13.2 Å². The van der Waals surface area contributed by atoms with E-state index in [0.29, 0.717) is 12.1 Å². The summed E-state index contributed by atoms with van der Waals surface area (Å²) in [6.07, 6.45) is 0.729. The average Bonchev–Trinajstić information content (AvgIpc) is 2.52. The summed E-state index contributed by atoms with van der Waals surface area (Å²) in [6, 6.07) is 10.7.